The van der Waals surface area contributed by atoms with Crippen LogP contribution in [0.1, 0.15) is 59.9 Å². The average molecular weight is 827 g/mol. The molecule has 5 aromatic carbocycles. The van der Waals surface area contributed by atoms with E-state index in [2.05, 4.69) is 58.9 Å². The Morgan fingerprint density at radius 1 is 0.383 bits per heavy atom. The smallest absolute Gasteiger partial charge is 0.127 e. The third kappa shape index (κ3) is 16.8. The molecule has 10 heteroatoms. The van der Waals surface area contributed by atoms with Gasteiger partial charge in [0.05, 0.1) is 33.0 Å². The van der Waals surface area contributed by atoms with Crippen molar-refractivity contribution in [2.45, 2.75) is 91.8 Å². The Hall–Kier alpha value is -4.58. The summed E-state index contributed by atoms with van der Waals surface area (Å²) in [5.41, 5.74) is 1.25. The topological polar surface area (TPSA) is 109 Å². The SMILES string of the molecule is CC.CCC.CCC.Cc1ccc(OCC2CO2)cc1.c1cc(OCC2CO2)c2cccc(OCC3CO3)c2c1.c1cc(OCC2CO2)c2cccc(OCC3CO3)c2c1. The highest BCUT2D eigenvalue weighted by molar-refractivity contribution is 5.93. The molecule has 326 valence electrons. The van der Waals surface area contributed by atoms with Crippen molar-refractivity contribution in [3.63, 3.8) is 0 Å². The zero-order chi connectivity index (χ0) is 42.5. The van der Waals surface area contributed by atoms with Crippen LogP contribution in [0.4, 0.5) is 0 Å². The molecule has 0 spiro atoms. The van der Waals surface area contributed by atoms with Crippen LogP contribution >= 0.6 is 0 Å². The fraction of sp³-hybridized carbons (Fsp3) is 0.480. The molecule has 0 saturated carbocycles. The number of fused-ring (bicyclic) bond motifs is 2. The Bertz CT molecular complexity index is 1720. The van der Waals surface area contributed by atoms with Crippen molar-refractivity contribution >= 4 is 21.5 Å². The van der Waals surface area contributed by atoms with E-state index < -0.39 is 0 Å². The normalized spacial score (nSPS) is 20.6. The van der Waals surface area contributed by atoms with Crippen molar-refractivity contribution in [3.05, 3.63) is 103 Å². The van der Waals surface area contributed by atoms with Gasteiger partial charge in [-0.2, -0.15) is 0 Å². The van der Waals surface area contributed by atoms with Crippen LogP contribution in [0.15, 0.2) is 97.1 Å². The van der Waals surface area contributed by atoms with Gasteiger partial charge in [-0.15, -0.1) is 0 Å². The molecule has 0 radical (unpaired) electrons. The first-order valence-electron chi connectivity index (χ1n) is 21.8. The lowest BCUT2D eigenvalue weighted by Gasteiger charge is -2.11. The van der Waals surface area contributed by atoms with Gasteiger partial charge in [-0.1, -0.05) is 121 Å². The first kappa shape index (κ1) is 46.5. The molecule has 0 aromatic heterocycles. The van der Waals surface area contributed by atoms with Crippen LogP contribution in [0.3, 0.4) is 0 Å². The minimum absolute atomic E-state index is 0.261. The molecule has 5 aromatic rings. The van der Waals surface area contributed by atoms with Gasteiger partial charge in [0.25, 0.3) is 0 Å². The summed E-state index contributed by atoms with van der Waals surface area (Å²) in [5.74, 6) is 4.45. The monoisotopic (exact) mass is 826 g/mol. The number of hydrogen-bond acceptors (Lipinski definition) is 10. The van der Waals surface area contributed by atoms with E-state index in [1.165, 1.54) is 18.4 Å². The van der Waals surface area contributed by atoms with Gasteiger partial charge in [0.15, 0.2) is 0 Å². The van der Waals surface area contributed by atoms with E-state index in [1.54, 1.807) is 0 Å². The first-order chi connectivity index (χ1) is 29.5. The molecule has 0 amide bonds. The van der Waals surface area contributed by atoms with E-state index in [0.717, 1.165) is 83.3 Å². The van der Waals surface area contributed by atoms with Crippen LogP contribution in [0.25, 0.3) is 21.5 Å². The molecule has 60 heavy (non-hydrogen) atoms. The van der Waals surface area contributed by atoms with Crippen LogP contribution in [0.2, 0.25) is 0 Å². The fourth-order valence-electron chi connectivity index (χ4n) is 5.38. The van der Waals surface area contributed by atoms with E-state index in [4.69, 9.17) is 47.4 Å². The molecular weight excluding hydrogens is 761 g/mol. The molecule has 5 heterocycles. The van der Waals surface area contributed by atoms with Gasteiger partial charge in [0.1, 0.15) is 92.3 Å². The van der Waals surface area contributed by atoms with Crippen LogP contribution in [-0.4, -0.2) is 96.6 Å². The lowest BCUT2D eigenvalue weighted by atomic mass is 10.1. The minimum Gasteiger partial charge on any atom is -0.491 e. The van der Waals surface area contributed by atoms with Crippen molar-refractivity contribution in [1.29, 1.82) is 0 Å². The van der Waals surface area contributed by atoms with Crippen LogP contribution < -0.4 is 23.7 Å². The zero-order valence-electron chi connectivity index (χ0n) is 36.7. The van der Waals surface area contributed by atoms with Gasteiger partial charge >= 0.3 is 0 Å². The highest BCUT2D eigenvalue weighted by Gasteiger charge is 2.26. The van der Waals surface area contributed by atoms with Gasteiger partial charge < -0.3 is 47.4 Å². The molecule has 10 rings (SSSR count). The lowest BCUT2D eigenvalue weighted by molar-refractivity contribution is 0.263. The Morgan fingerprint density at radius 2 is 0.617 bits per heavy atom. The molecule has 5 aliphatic rings. The molecular formula is C50H66O10. The third-order valence-electron chi connectivity index (χ3n) is 8.85. The summed E-state index contributed by atoms with van der Waals surface area (Å²) in [5, 5.41) is 4.29. The third-order valence-corrected chi connectivity index (χ3v) is 8.85. The summed E-state index contributed by atoms with van der Waals surface area (Å²) < 4.78 is 54.5. The standard InChI is InChI=1S/2C16H16O4.C10H12O2.2C3H8.C2H6/c2*1-3-13-14(15(5-1)19-9-11-7-17-11)4-2-6-16(13)20-10-12-8-18-12;1-8-2-4-9(5-3-8)11-6-10-7-12-10;2*1-3-2;1-2/h2*1-6,11-12H,7-10H2;2-5,10H,6-7H2,1H3;2*3H2,1-2H3;1-2H3. The zero-order valence-corrected chi connectivity index (χ0v) is 36.7. The van der Waals surface area contributed by atoms with Gasteiger partial charge in [-0.3, -0.25) is 0 Å². The summed E-state index contributed by atoms with van der Waals surface area (Å²) in [6.45, 7) is 21.8. The summed E-state index contributed by atoms with van der Waals surface area (Å²) >= 11 is 0. The molecule has 0 aliphatic carbocycles. The molecule has 0 N–H and O–H groups in total. The van der Waals surface area contributed by atoms with Crippen molar-refractivity contribution in [3.8, 4) is 28.7 Å². The Kier molecular flexibility index (Phi) is 19.6. The minimum atomic E-state index is 0.261. The predicted octanol–water partition coefficient (Wildman–Crippen LogP) is 10.4. The molecule has 5 saturated heterocycles. The largest absolute Gasteiger partial charge is 0.491 e. The van der Waals surface area contributed by atoms with E-state index >= 15 is 0 Å². The summed E-state index contributed by atoms with van der Waals surface area (Å²) in [7, 11) is 0. The van der Waals surface area contributed by atoms with Gasteiger partial charge in [0.2, 0.25) is 0 Å². The van der Waals surface area contributed by atoms with Crippen molar-refractivity contribution in [1.82, 2.24) is 0 Å². The van der Waals surface area contributed by atoms with E-state index in [0.29, 0.717) is 39.1 Å². The lowest BCUT2D eigenvalue weighted by Crippen LogP contribution is -2.05. The van der Waals surface area contributed by atoms with Crippen molar-refractivity contribution in [2.75, 3.05) is 66.1 Å². The number of benzene rings is 5. The number of epoxide rings is 5. The number of hydrogen-bond donors (Lipinski definition) is 0. The van der Waals surface area contributed by atoms with Gasteiger partial charge in [-0.25, -0.2) is 0 Å². The van der Waals surface area contributed by atoms with Gasteiger partial charge in [-0.05, 0) is 43.3 Å². The molecule has 5 aliphatic heterocycles. The number of ether oxygens (including phenoxy) is 10. The highest BCUT2D eigenvalue weighted by Crippen LogP contribution is 2.34. The molecule has 5 unspecified atom stereocenters. The molecule has 0 bridgehead atoms. The average Bonchev–Trinajstić information content (AvgIpc) is 4.07. The maximum absolute atomic E-state index is 5.83. The number of aryl methyl sites for hydroxylation is 1. The molecule has 5 atom stereocenters. The summed E-state index contributed by atoms with van der Waals surface area (Å²) in [6, 6.07) is 32.2. The van der Waals surface area contributed by atoms with Crippen LogP contribution in [0, 0.1) is 6.92 Å². The maximum Gasteiger partial charge on any atom is 0.127 e. The Morgan fingerprint density at radius 3 is 0.850 bits per heavy atom. The quantitative estimate of drug-likeness (QED) is 0.0947. The van der Waals surface area contributed by atoms with Crippen LogP contribution in [0.5, 0.6) is 28.7 Å². The Balaban J connectivity index is 0.000000161. The second kappa shape index (κ2) is 25.3. The molecule has 5 fully saturated rings. The fourth-order valence-corrected chi connectivity index (χ4v) is 5.38. The van der Waals surface area contributed by atoms with Crippen molar-refractivity contribution in [2.24, 2.45) is 0 Å². The highest BCUT2D eigenvalue weighted by atomic mass is 16.6. The number of rotatable bonds is 15. The molecule has 10 nitrogen and oxygen atoms in total. The second-order valence-electron chi connectivity index (χ2n) is 14.8. The predicted molar refractivity (Wildman–Crippen MR) is 239 cm³/mol. The van der Waals surface area contributed by atoms with E-state index in [9.17, 15) is 0 Å². The first-order valence-corrected chi connectivity index (χ1v) is 21.8. The van der Waals surface area contributed by atoms with E-state index in [-0.39, 0.29) is 24.4 Å². The van der Waals surface area contributed by atoms with Crippen LogP contribution in [-0.2, 0) is 23.7 Å². The maximum atomic E-state index is 5.83. The summed E-state index contributed by atoms with van der Waals surface area (Å²) in [4.78, 5) is 0. The summed E-state index contributed by atoms with van der Waals surface area (Å²) in [6.07, 6.45) is 3.88. The second-order valence-corrected chi connectivity index (χ2v) is 14.8. The Labute approximate surface area is 357 Å². The van der Waals surface area contributed by atoms with Crippen molar-refractivity contribution < 1.29 is 47.4 Å². The van der Waals surface area contributed by atoms with E-state index in [1.807, 2.05) is 86.6 Å². The van der Waals surface area contributed by atoms with Gasteiger partial charge in [0, 0.05) is 21.5 Å².